The van der Waals surface area contributed by atoms with Crippen molar-refractivity contribution < 1.29 is 5.11 Å². The normalized spacial score (nSPS) is 23.2. The molecule has 0 spiro atoms. The third-order valence-corrected chi connectivity index (χ3v) is 3.77. The molecule has 1 saturated carbocycles. The number of aliphatic hydroxyl groups is 1. The summed E-state index contributed by atoms with van der Waals surface area (Å²) in [5, 5.41) is 12.7. The minimum Gasteiger partial charge on any atom is -0.393 e. The molecule has 2 heterocycles. The predicted molar refractivity (Wildman–Crippen MR) is 70.4 cm³/mol. The first-order valence-electron chi connectivity index (χ1n) is 6.55. The fourth-order valence-electron chi connectivity index (χ4n) is 2.64. The molecule has 96 valence electrons. The highest BCUT2D eigenvalue weighted by Crippen LogP contribution is 2.26. The fourth-order valence-corrected chi connectivity index (χ4v) is 2.64. The van der Waals surface area contributed by atoms with Crippen LogP contribution in [0, 0.1) is 12.8 Å². The number of pyridine rings is 1. The van der Waals surface area contributed by atoms with Crippen molar-refractivity contribution in [1.82, 2.24) is 14.7 Å². The summed E-state index contributed by atoms with van der Waals surface area (Å²) >= 11 is 0. The predicted octanol–water partition coefficient (Wildman–Crippen LogP) is 1.50. The topological polar surface area (TPSA) is 49.6 Å². The van der Waals surface area contributed by atoms with Gasteiger partial charge < -0.3 is 14.8 Å². The second-order valence-electron chi connectivity index (χ2n) is 5.19. The highest BCUT2D eigenvalue weighted by molar-refractivity contribution is 5.42. The summed E-state index contributed by atoms with van der Waals surface area (Å²) in [7, 11) is 0. The number of aryl methyl sites for hydroxylation is 1. The SMILES string of the molecule is Cc1nc2ccccn2c1CNCC1CC(O)C1. The van der Waals surface area contributed by atoms with Gasteiger partial charge in [0, 0.05) is 12.7 Å². The second-order valence-corrected chi connectivity index (χ2v) is 5.19. The van der Waals surface area contributed by atoms with Gasteiger partial charge in [0.2, 0.25) is 0 Å². The van der Waals surface area contributed by atoms with Crippen molar-refractivity contribution in [2.75, 3.05) is 6.54 Å². The van der Waals surface area contributed by atoms with Crippen molar-refractivity contribution in [2.24, 2.45) is 5.92 Å². The zero-order valence-electron chi connectivity index (χ0n) is 10.6. The molecule has 2 N–H and O–H groups in total. The van der Waals surface area contributed by atoms with E-state index in [1.165, 1.54) is 5.69 Å². The fraction of sp³-hybridized carbons (Fsp3) is 0.500. The molecule has 0 aliphatic heterocycles. The smallest absolute Gasteiger partial charge is 0.137 e. The Balaban J connectivity index is 1.65. The molecule has 2 aromatic heterocycles. The molecule has 18 heavy (non-hydrogen) atoms. The molecule has 2 aromatic rings. The van der Waals surface area contributed by atoms with Gasteiger partial charge in [-0.05, 0) is 44.4 Å². The minimum atomic E-state index is -0.0608. The van der Waals surface area contributed by atoms with E-state index in [4.69, 9.17) is 0 Å². The van der Waals surface area contributed by atoms with E-state index in [1.54, 1.807) is 0 Å². The minimum absolute atomic E-state index is 0.0608. The molecule has 1 aliphatic rings. The number of imidazole rings is 1. The molecule has 0 bridgehead atoms. The Bertz CT molecular complexity index is 543. The summed E-state index contributed by atoms with van der Waals surface area (Å²) in [5.74, 6) is 0.638. The van der Waals surface area contributed by atoms with Crippen LogP contribution in [-0.4, -0.2) is 27.1 Å². The van der Waals surface area contributed by atoms with Gasteiger partial charge in [0.25, 0.3) is 0 Å². The molecule has 3 rings (SSSR count). The van der Waals surface area contributed by atoms with Gasteiger partial charge in [-0.15, -0.1) is 0 Å². The molecule has 0 aromatic carbocycles. The zero-order valence-corrected chi connectivity index (χ0v) is 10.6. The zero-order chi connectivity index (χ0) is 12.5. The largest absolute Gasteiger partial charge is 0.393 e. The van der Waals surface area contributed by atoms with Crippen LogP contribution >= 0.6 is 0 Å². The molecule has 4 nitrogen and oxygen atoms in total. The molecule has 4 heteroatoms. The summed E-state index contributed by atoms with van der Waals surface area (Å²) in [6.07, 6.45) is 3.88. The number of nitrogens with zero attached hydrogens (tertiary/aromatic N) is 2. The molecule has 0 saturated heterocycles. The van der Waals surface area contributed by atoms with Crippen LogP contribution in [0.25, 0.3) is 5.65 Å². The van der Waals surface area contributed by atoms with Gasteiger partial charge in [0.05, 0.1) is 17.5 Å². The van der Waals surface area contributed by atoms with Crippen molar-refractivity contribution >= 4 is 5.65 Å². The lowest BCUT2D eigenvalue weighted by molar-refractivity contribution is 0.0429. The van der Waals surface area contributed by atoms with E-state index in [0.29, 0.717) is 5.92 Å². The standard InChI is InChI=1S/C14H19N3O/c1-10-13(9-15-8-11-6-12(18)7-11)17-5-3-2-4-14(17)16-10/h2-5,11-12,15,18H,6-9H2,1H3. The van der Waals surface area contributed by atoms with Crippen LogP contribution < -0.4 is 5.32 Å². The quantitative estimate of drug-likeness (QED) is 0.858. The lowest BCUT2D eigenvalue weighted by Crippen LogP contribution is -2.36. The Hall–Kier alpha value is -1.39. The summed E-state index contributed by atoms with van der Waals surface area (Å²) < 4.78 is 2.14. The van der Waals surface area contributed by atoms with Gasteiger partial charge in [-0.1, -0.05) is 6.07 Å². The first-order valence-corrected chi connectivity index (χ1v) is 6.55. The summed E-state index contributed by atoms with van der Waals surface area (Å²) in [5.41, 5.74) is 3.32. The maximum absolute atomic E-state index is 9.25. The number of nitrogens with one attached hydrogen (secondary N) is 1. The molecule has 0 atom stereocenters. The third-order valence-electron chi connectivity index (χ3n) is 3.77. The van der Waals surface area contributed by atoms with Gasteiger partial charge in [-0.25, -0.2) is 4.98 Å². The highest BCUT2D eigenvalue weighted by Gasteiger charge is 2.26. The van der Waals surface area contributed by atoms with Crippen molar-refractivity contribution in [2.45, 2.75) is 32.4 Å². The Morgan fingerprint density at radius 1 is 1.44 bits per heavy atom. The van der Waals surface area contributed by atoms with E-state index in [1.807, 2.05) is 18.2 Å². The van der Waals surface area contributed by atoms with Crippen molar-refractivity contribution in [1.29, 1.82) is 0 Å². The van der Waals surface area contributed by atoms with Gasteiger partial charge >= 0.3 is 0 Å². The second kappa shape index (κ2) is 4.71. The van der Waals surface area contributed by atoms with E-state index in [-0.39, 0.29) is 6.10 Å². The van der Waals surface area contributed by atoms with Crippen LogP contribution in [0.4, 0.5) is 0 Å². The van der Waals surface area contributed by atoms with E-state index in [9.17, 15) is 5.11 Å². The monoisotopic (exact) mass is 245 g/mol. The molecule has 1 fully saturated rings. The first-order chi connectivity index (χ1) is 8.74. The van der Waals surface area contributed by atoms with E-state index in [0.717, 1.165) is 37.3 Å². The van der Waals surface area contributed by atoms with Crippen LogP contribution in [-0.2, 0) is 6.54 Å². The van der Waals surface area contributed by atoms with Crippen LogP contribution in [0.1, 0.15) is 24.2 Å². The average molecular weight is 245 g/mol. The van der Waals surface area contributed by atoms with Gasteiger partial charge in [-0.2, -0.15) is 0 Å². The van der Waals surface area contributed by atoms with Crippen LogP contribution in [0.2, 0.25) is 0 Å². The van der Waals surface area contributed by atoms with Crippen molar-refractivity contribution in [3.05, 3.63) is 35.8 Å². The summed E-state index contributed by atoms with van der Waals surface area (Å²) in [6.45, 7) is 3.87. The van der Waals surface area contributed by atoms with Crippen molar-refractivity contribution in [3.8, 4) is 0 Å². The highest BCUT2D eigenvalue weighted by atomic mass is 16.3. The number of hydrogen-bond acceptors (Lipinski definition) is 3. The number of fused-ring (bicyclic) bond motifs is 1. The number of aliphatic hydroxyl groups excluding tert-OH is 1. The molecule has 0 unspecified atom stereocenters. The Morgan fingerprint density at radius 3 is 3.06 bits per heavy atom. The molecular formula is C14H19N3O. The maximum atomic E-state index is 9.25. The number of aromatic nitrogens is 2. The van der Waals surface area contributed by atoms with E-state index < -0.39 is 0 Å². The van der Waals surface area contributed by atoms with Gasteiger partial charge in [-0.3, -0.25) is 0 Å². The molecular weight excluding hydrogens is 226 g/mol. The van der Waals surface area contributed by atoms with Crippen LogP contribution in [0.15, 0.2) is 24.4 Å². The van der Waals surface area contributed by atoms with Gasteiger partial charge in [0.15, 0.2) is 0 Å². The lowest BCUT2D eigenvalue weighted by Gasteiger charge is -2.31. The first kappa shape index (κ1) is 11.7. The lowest BCUT2D eigenvalue weighted by atomic mass is 9.82. The van der Waals surface area contributed by atoms with Crippen LogP contribution in [0.3, 0.4) is 0 Å². The number of hydrogen-bond donors (Lipinski definition) is 2. The third kappa shape index (κ3) is 2.13. The number of rotatable bonds is 4. The molecule has 0 radical (unpaired) electrons. The Kier molecular flexibility index (Phi) is 3.06. The summed E-state index contributed by atoms with van der Waals surface area (Å²) in [6, 6.07) is 6.06. The van der Waals surface area contributed by atoms with E-state index in [2.05, 4.69) is 27.8 Å². The van der Waals surface area contributed by atoms with Gasteiger partial charge in [0.1, 0.15) is 5.65 Å². The Morgan fingerprint density at radius 2 is 2.28 bits per heavy atom. The summed E-state index contributed by atoms with van der Waals surface area (Å²) in [4.78, 5) is 4.54. The molecule has 0 amide bonds. The van der Waals surface area contributed by atoms with E-state index >= 15 is 0 Å². The average Bonchev–Trinajstić information content (AvgIpc) is 2.63. The van der Waals surface area contributed by atoms with Crippen LogP contribution in [0.5, 0.6) is 0 Å². The maximum Gasteiger partial charge on any atom is 0.137 e. The Labute approximate surface area is 107 Å². The molecule has 1 aliphatic carbocycles. The van der Waals surface area contributed by atoms with Crippen molar-refractivity contribution in [3.63, 3.8) is 0 Å².